The second kappa shape index (κ2) is 11.6. The number of nitrogens with one attached hydrogen (secondary N) is 2. The van der Waals surface area contributed by atoms with E-state index in [-0.39, 0.29) is 29.8 Å². The molecule has 2 N–H and O–H groups in total. The SMILES string of the molecule is CN=C(NCCOc1cccc(F)c1)NCc1ccc(C)cc1OC.I. The molecule has 142 valence electrons. The van der Waals surface area contributed by atoms with Gasteiger partial charge in [-0.15, -0.1) is 24.0 Å². The molecule has 0 amide bonds. The van der Waals surface area contributed by atoms with Crippen molar-refractivity contribution in [2.75, 3.05) is 27.3 Å². The third-order valence-electron chi connectivity index (χ3n) is 3.57. The topological polar surface area (TPSA) is 54.9 Å². The number of guanidine groups is 1. The molecule has 0 saturated heterocycles. The predicted molar refractivity (Wildman–Crippen MR) is 113 cm³/mol. The largest absolute Gasteiger partial charge is 0.496 e. The highest BCUT2D eigenvalue weighted by molar-refractivity contribution is 14.0. The molecule has 2 aromatic rings. The summed E-state index contributed by atoms with van der Waals surface area (Å²) >= 11 is 0. The van der Waals surface area contributed by atoms with Gasteiger partial charge in [0.15, 0.2) is 5.96 Å². The maximum atomic E-state index is 13.1. The van der Waals surface area contributed by atoms with Gasteiger partial charge in [-0.05, 0) is 30.7 Å². The van der Waals surface area contributed by atoms with Crippen LogP contribution in [0.15, 0.2) is 47.5 Å². The Kier molecular flexibility index (Phi) is 9.79. The molecule has 26 heavy (non-hydrogen) atoms. The Morgan fingerprint density at radius 3 is 2.65 bits per heavy atom. The third-order valence-corrected chi connectivity index (χ3v) is 3.57. The summed E-state index contributed by atoms with van der Waals surface area (Å²) < 4.78 is 24.0. The summed E-state index contributed by atoms with van der Waals surface area (Å²) in [4.78, 5) is 4.17. The van der Waals surface area contributed by atoms with Crippen LogP contribution in [0.3, 0.4) is 0 Å². The van der Waals surface area contributed by atoms with E-state index in [0.29, 0.717) is 31.4 Å². The van der Waals surface area contributed by atoms with Gasteiger partial charge < -0.3 is 20.1 Å². The van der Waals surface area contributed by atoms with Crippen molar-refractivity contribution in [2.45, 2.75) is 13.5 Å². The van der Waals surface area contributed by atoms with Crippen molar-refractivity contribution in [3.05, 3.63) is 59.4 Å². The zero-order valence-electron chi connectivity index (χ0n) is 15.2. The number of methoxy groups -OCH3 is 1. The summed E-state index contributed by atoms with van der Waals surface area (Å²) in [5.41, 5.74) is 2.20. The van der Waals surface area contributed by atoms with Crippen molar-refractivity contribution in [3.8, 4) is 11.5 Å². The smallest absolute Gasteiger partial charge is 0.191 e. The first-order chi connectivity index (χ1) is 12.1. The first kappa shape index (κ1) is 22.0. The van der Waals surface area contributed by atoms with Crippen LogP contribution in [0.1, 0.15) is 11.1 Å². The minimum absolute atomic E-state index is 0. The highest BCUT2D eigenvalue weighted by Crippen LogP contribution is 2.19. The van der Waals surface area contributed by atoms with Crippen LogP contribution in [-0.2, 0) is 6.54 Å². The number of hydrogen-bond donors (Lipinski definition) is 2. The van der Waals surface area contributed by atoms with Gasteiger partial charge in [-0.25, -0.2) is 4.39 Å². The van der Waals surface area contributed by atoms with Crippen molar-refractivity contribution in [1.29, 1.82) is 0 Å². The van der Waals surface area contributed by atoms with E-state index in [2.05, 4.69) is 15.6 Å². The lowest BCUT2D eigenvalue weighted by Crippen LogP contribution is -2.38. The van der Waals surface area contributed by atoms with Gasteiger partial charge in [0.25, 0.3) is 0 Å². The fourth-order valence-electron chi connectivity index (χ4n) is 2.29. The fourth-order valence-corrected chi connectivity index (χ4v) is 2.29. The first-order valence-electron chi connectivity index (χ1n) is 8.09. The molecule has 0 fully saturated rings. The predicted octanol–water partition coefficient (Wildman–Crippen LogP) is 3.50. The van der Waals surface area contributed by atoms with Crippen LogP contribution in [0.25, 0.3) is 0 Å². The van der Waals surface area contributed by atoms with Crippen molar-refractivity contribution < 1.29 is 13.9 Å². The molecule has 7 heteroatoms. The zero-order valence-corrected chi connectivity index (χ0v) is 17.5. The Hall–Kier alpha value is -2.03. The molecule has 2 rings (SSSR count). The number of benzene rings is 2. The quantitative estimate of drug-likeness (QED) is 0.280. The van der Waals surface area contributed by atoms with Gasteiger partial charge in [-0.2, -0.15) is 0 Å². The van der Waals surface area contributed by atoms with Crippen LogP contribution >= 0.6 is 24.0 Å². The monoisotopic (exact) mass is 473 g/mol. The standard InChI is InChI=1S/C19H24FN3O2.HI/c1-14-7-8-15(18(11-14)24-3)13-23-19(21-2)22-9-10-25-17-6-4-5-16(20)12-17;/h4-8,11-12H,9-10,13H2,1-3H3,(H2,21,22,23);1H. The van der Waals surface area contributed by atoms with E-state index in [1.165, 1.54) is 12.1 Å². The minimum Gasteiger partial charge on any atom is -0.496 e. The molecule has 0 saturated carbocycles. The molecule has 0 aliphatic rings. The highest BCUT2D eigenvalue weighted by Gasteiger charge is 2.04. The number of aliphatic imine (C=N–C) groups is 1. The number of nitrogens with zero attached hydrogens (tertiary/aromatic N) is 1. The van der Waals surface area contributed by atoms with Gasteiger partial charge in [0, 0.05) is 25.2 Å². The molecule has 0 unspecified atom stereocenters. The molecule has 0 heterocycles. The second-order valence-electron chi connectivity index (χ2n) is 5.47. The molecule has 2 aromatic carbocycles. The van der Waals surface area contributed by atoms with E-state index in [0.717, 1.165) is 16.9 Å². The number of hydrogen-bond acceptors (Lipinski definition) is 3. The Morgan fingerprint density at radius 1 is 1.15 bits per heavy atom. The molecule has 0 aliphatic heterocycles. The molecule has 0 spiro atoms. The minimum atomic E-state index is -0.310. The Labute approximate surface area is 171 Å². The van der Waals surface area contributed by atoms with Gasteiger partial charge in [-0.1, -0.05) is 18.2 Å². The lowest BCUT2D eigenvalue weighted by molar-refractivity contribution is 0.320. The molecular formula is C19H25FIN3O2. The average molecular weight is 473 g/mol. The molecule has 0 aromatic heterocycles. The molecule has 0 radical (unpaired) electrons. The lowest BCUT2D eigenvalue weighted by Gasteiger charge is -2.14. The second-order valence-corrected chi connectivity index (χ2v) is 5.47. The number of ether oxygens (including phenoxy) is 2. The lowest BCUT2D eigenvalue weighted by atomic mass is 10.1. The normalized spacial score (nSPS) is 10.7. The first-order valence-corrected chi connectivity index (χ1v) is 8.09. The summed E-state index contributed by atoms with van der Waals surface area (Å²) in [6, 6.07) is 12.2. The van der Waals surface area contributed by atoms with Crippen LogP contribution in [0.5, 0.6) is 11.5 Å². The maximum Gasteiger partial charge on any atom is 0.191 e. The number of aryl methyl sites for hydroxylation is 1. The molecular weight excluding hydrogens is 448 g/mol. The summed E-state index contributed by atoms with van der Waals surface area (Å²) in [6.07, 6.45) is 0. The van der Waals surface area contributed by atoms with Crippen LogP contribution in [0, 0.1) is 12.7 Å². The van der Waals surface area contributed by atoms with Gasteiger partial charge in [0.1, 0.15) is 23.9 Å². The zero-order chi connectivity index (χ0) is 18.1. The van der Waals surface area contributed by atoms with E-state index in [9.17, 15) is 4.39 Å². The third kappa shape index (κ3) is 7.07. The van der Waals surface area contributed by atoms with Crippen molar-refractivity contribution >= 4 is 29.9 Å². The molecule has 0 bridgehead atoms. The summed E-state index contributed by atoms with van der Waals surface area (Å²) in [6.45, 7) is 3.56. The van der Waals surface area contributed by atoms with E-state index in [1.54, 1.807) is 26.3 Å². The van der Waals surface area contributed by atoms with Gasteiger partial charge in [-0.3, -0.25) is 4.99 Å². The van der Waals surface area contributed by atoms with E-state index in [1.807, 2.05) is 25.1 Å². The average Bonchev–Trinajstić information content (AvgIpc) is 2.62. The Morgan fingerprint density at radius 2 is 1.96 bits per heavy atom. The summed E-state index contributed by atoms with van der Waals surface area (Å²) in [5, 5.41) is 6.38. The van der Waals surface area contributed by atoms with E-state index in [4.69, 9.17) is 9.47 Å². The number of halogens is 2. The van der Waals surface area contributed by atoms with Crippen LogP contribution in [0.2, 0.25) is 0 Å². The van der Waals surface area contributed by atoms with Crippen molar-refractivity contribution in [1.82, 2.24) is 10.6 Å². The molecule has 5 nitrogen and oxygen atoms in total. The summed E-state index contributed by atoms with van der Waals surface area (Å²) in [5.74, 6) is 1.70. The number of rotatable bonds is 7. The van der Waals surface area contributed by atoms with Crippen LogP contribution in [0.4, 0.5) is 4.39 Å². The van der Waals surface area contributed by atoms with Crippen LogP contribution < -0.4 is 20.1 Å². The maximum absolute atomic E-state index is 13.1. The van der Waals surface area contributed by atoms with Crippen molar-refractivity contribution in [2.24, 2.45) is 4.99 Å². The van der Waals surface area contributed by atoms with Gasteiger partial charge in [0.05, 0.1) is 13.7 Å². The Balaban J connectivity index is 0.00000338. The van der Waals surface area contributed by atoms with Gasteiger partial charge in [0.2, 0.25) is 0 Å². The Bertz CT molecular complexity index is 726. The summed E-state index contributed by atoms with van der Waals surface area (Å²) in [7, 11) is 3.37. The van der Waals surface area contributed by atoms with Crippen molar-refractivity contribution in [3.63, 3.8) is 0 Å². The fraction of sp³-hybridized carbons (Fsp3) is 0.316. The van der Waals surface area contributed by atoms with E-state index < -0.39 is 0 Å². The highest BCUT2D eigenvalue weighted by atomic mass is 127. The van der Waals surface area contributed by atoms with Gasteiger partial charge >= 0.3 is 0 Å². The van der Waals surface area contributed by atoms with E-state index >= 15 is 0 Å². The molecule has 0 atom stereocenters. The van der Waals surface area contributed by atoms with Crippen LogP contribution in [-0.4, -0.2) is 33.3 Å². The molecule has 0 aliphatic carbocycles.